The molecule has 0 aromatic heterocycles. The zero-order valence-electron chi connectivity index (χ0n) is 9.14. The molecule has 1 heteroatoms. The van der Waals surface area contributed by atoms with E-state index in [1.165, 1.54) is 16.7 Å². The van der Waals surface area contributed by atoms with Gasteiger partial charge in [-0.05, 0) is 48.6 Å². The minimum absolute atomic E-state index is 0.589. The van der Waals surface area contributed by atoms with E-state index in [9.17, 15) is 0 Å². The summed E-state index contributed by atoms with van der Waals surface area (Å²) in [5.74, 6) is 1.55. The van der Waals surface area contributed by atoms with E-state index in [0.29, 0.717) is 5.92 Å². The molecule has 1 rings (SSSR count). The van der Waals surface area contributed by atoms with Gasteiger partial charge in [0, 0.05) is 0 Å². The molecule has 13 heavy (non-hydrogen) atoms. The topological polar surface area (TPSA) is 9.23 Å². The Balaban J connectivity index is 3.23. The van der Waals surface area contributed by atoms with Crippen LogP contribution in [-0.2, 0) is 0 Å². The monoisotopic (exact) mass is 178 g/mol. The summed E-state index contributed by atoms with van der Waals surface area (Å²) in [6.07, 6.45) is 0. The maximum Gasteiger partial charge on any atom is 0.119 e. The summed E-state index contributed by atoms with van der Waals surface area (Å²) < 4.78 is 5.21. The molecule has 0 N–H and O–H groups in total. The Hall–Kier alpha value is -0.980. The zero-order valence-corrected chi connectivity index (χ0v) is 9.14. The van der Waals surface area contributed by atoms with Crippen LogP contribution in [0, 0.1) is 13.8 Å². The van der Waals surface area contributed by atoms with Crippen molar-refractivity contribution in [2.75, 3.05) is 7.11 Å². The lowest BCUT2D eigenvalue weighted by atomic mass is 9.93. The van der Waals surface area contributed by atoms with Crippen molar-refractivity contribution in [3.05, 3.63) is 28.8 Å². The molecule has 0 heterocycles. The molecule has 1 aromatic rings. The second-order valence-corrected chi connectivity index (χ2v) is 3.83. The first kappa shape index (κ1) is 10.1. The van der Waals surface area contributed by atoms with Crippen LogP contribution < -0.4 is 4.74 Å². The van der Waals surface area contributed by atoms with Gasteiger partial charge in [0.15, 0.2) is 0 Å². The minimum Gasteiger partial charge on any atom is -0.497 e. The Kier molecular flexibility index (Phi) is 2.97. The highest BCUT2D eigenvalue weighted by molar-refractivity contribution is 5.42. The van der Waals surface area contributed by atoms with Crippen molar-refractivity contribution in [3.8, 4) is 5.75 Å². The molecular weight excluding hydrogens is 160 g/mol. The number of benzene rings is 1. The fourth-order valence-corrected chi connectivity index (χ4v) is 1.96. The van der Waals surface area contributed by atoms with E-state index < -0.39 is 0 Å². The summed E-state index contributed by atoms with van der Waals surface area (Å²) in [5, 5.41) is 0. The van der Waals surface area contributed by atoms with Gasteiger partial charge in [-0.25, -0.2) is 0 Å². The Morgan fingerprint density at radius 1 is 1.08 bits per heavy atom. The van der Waals surface area contributed by atoms with Crippen LogP contribution in [0.1, 0.15) is 36.5 Å². The van der Waals surface area contributed by atoms with Gasteiger partial charge < -0.3 is 4.74 Å². The van der Waals surface area contributed by atoms with E-state index in [4.69, 9.17) is 4.74 Å². The van der Waals surface area contributed by atoms with Crippen molar-refractivity contribution in [3.63, 3.8) is 0 Å². The molecule has 0 spiro atoms. The summed E-state index contributed by atoms with van der Waals surface area (Å²) in [6.45, 7) is 8.74. The first-order valence-electron chi connectivity index (χ1n) is 4.71. The van der Waals surface area contributed by atoms with Crippen molar-refractivity contribution in [2.45, 2.75) is 33.6 Å². The molecule has 0 amide bonds. The van der Waals surface area contributed by atoms with Crippen LogP contribution in [0.2, 0.25) is 0 Å². The van der Waals surface area contributed by atoms with Crippen molar-refractivity contribution < 1.29 is 4.74 Å². The van der Waals surface area contributed by atoms with Crippen LogP contribution in [0.25, 0.3) is 0 Å². The fraction of sp³-hybridized carbons (Fsp3) is 0.500. The van der Waals surface area contributed by atoms with Crippen LogP contribution in [-0.4, -0.2) is 7.11 Å². The quantitative estimate of drug-likeness (QED) is 0.674. The van der Waals surface area contributed by atoms with Crippen LogP contribution in [0.3, 0.4) is 0 Å². The Morgan fingerprint density at radius 3 is 1.85 bits per heavy atom. The molecule has 0 fully saturated rings. The average molecular weight is 178 g/mol. The van der Waals surface area contributed by atoms with Crippen LogP contribution in [0.4, 0.5) is 0 Å². The Labute approximate surface area is 80.7 Å². The van der Waals surface area contributed by atoms with E-state index in [1.54, 1.807) is 7.11 Å². The lowest BCUT2D eigenvalue weighted by Crippen LogP contribution is -1.97. The molecule has 0 bridgehead atoms. The normalized spacial score (nSPS) is 10.6. The molecule has 0 aliphatic rings. The van der Waals surface area contributed by atoms with Crippen LogP contribution >= 0.6 is 0 Å². The highest BCUT2D eigenvalue weighted by atomic mass is 16.5. The predicted molar refractivity (Wildman–Crippen MR) is 56.6 cm³/mol. The van der Waals surface area contributed by atoms with Gasteiger partial charge in [-0.15, -0.1) is 0 Å². The van der Waals surface area contributed by atoms with Gasteiger partial charge in [0.1, 0.15) is 5.75 Å². The lowest BCUT2D eigenvalue weighted by molar-refractivity contribution is 0.414. The van der Waals surface area contributed by atoms with E-state index in [2.05, 4.69) is 39.8 Å². The predicted octanol–water partition coefficient (Wildman–Crippen LogP) is 3.44. The van der Waals surface area contributed by atoms with Crippen LogP contribution in [0.5, 0.6) is 5.75 Å². The van der Waals surface area contributed by atoms with E-state index in [-0.39, 0.29) is 0 Å². The molecular formula is C12H18O. The van der Waals surface area contributed by atoms with Crippen LogP contribution in [0.15, 0.2) is 12.1 Å². The first-order chi connectivity index (χ1) is 6.06. The number of methoxy groups -OCH3 is 1. The third-order valence-electron chi connectivity index (χ3n) is 2.38. The molecule has 0 atom stereocenters. The minimum atomic E-state index is 0.589. The number of hydrogen-bond donors (Lipinski definition) is 0. The highest BCUT2D eigenvalue weighted by Gasteiger charge is 2.08. The Bertz CT molecular complexity index is 277. The molecule has 0 aliphatic heterocycles. The number of rotatable bonds is 2. The molecule has 0 saturated heterocycles. The second kappa shape index (κ2) is 3.82. The average Bonchev–Trinajstić information content (AvgIpc) is 2.02. The van der Waals surface area contributed by atoms with Crippen molar-refractivity contribution in [1.82, 2.24) is 0 Å². The van der Waals surface area contributed by atoms with E-state index >= 15 is 0 Å². The number of ether oxygens (including phenoxy) is 1. The molecule has 72 valence electrons. The lowest BCUT2D eigenvalue weighted by Gasteiger charge is -2.14. The molecule has 1 aromatic carbocycles. The summed E-state index contributed by atoms with van der Waals surface area (Å²) in [6, 6.07) is 4.20. The third-order valence-corrected chi connectivity index (χ3v) is 2.38. The summed E-state index contributed by atoms with van der Waals surface area (Å²) in [5.41, 5.74) is 4.10. The van der Waals surface area contributed by atoms with Crippen molar-refractivity contribution in [2.24, 2.45) is 0 Å². The van der Waals surface area contributed by atoms with Gasteiger partial charge in [0.25, 0.3) is 0 Å². The summed E-state index contributed by atoms with van der Waals surface area (Å²) in [7, 11) is 1.71. The first-order valence-corrected chi connectivity index (χ1v) is 4.71. The highest BCUT2D eigenvalue weighted by Crippen LogP contribution is 2.27. The number of hydrogen-bond acceptors (Lipinski definition) is 1. The zero-order chi connectivity index (χ0) is 10.0. The van der Waals surface area contributed by atoms with Gasteiger partial charge >= 0.3 is 0 Å². The molecule has 0 radical (unpaired) electrons. The van der Waals surface area contributed by atoms with E-state index in [0.717, 1.165) is 5.75 Å². The van der Waals surface area contributed by atoms with Gasteiger partial charge in [-0.3, -0.25) is 0 Å². The number of aryl methyl sites for hydroxylation is 2. The van der Waals surface area contributed by atoms with E-state index in [1.807, 2.05) is 0 Å². The maximum atomic E-state index is 5.21. The standard InChI is InChI=1S/C12H18O/c1-8(2)12-9(3)6-11(13-5)7-10(12)4/h6-8H,1-5H3. The van der Waals surface area contributed by atoms with Gasteiger partial charge in [-0.1, -0.05) is 13.8 Å². The second-order valence-electron chi connectivity index (χ2n) is 3.83. The van der Waals surface area contributed by atoms with Crippen molar-refractivity contribution >= 4 is 0 Å². The third kappa shape index (κ3) is 2.03. The molecule has 0 unspecified atom stereocenters. The molecule has 1 nitrogen and oxygen atoms in total. The fourth-order valence-electron chi connectivity index (χ4n) is 1.96. The molecule has 0 saturated carbocycles. The largest absolute Gasteiger partial charge is 0.497 e. The van der Waals surface area contributed by atoms with Crippen molar-refractivity contribution in [1.29, 1.82) is 0 Å². The van der Waals surface area contributed by atoms with Gasteiger partial charge in [0.2, 0.25) is 0 Å². The van der Waals surface area contributed by atoms with Gasteiger partial charge in [-0.2, -0.15) is 0 Å². The summed E-state index contributed by atoms with van der Waals surface area (Å²) in [4.78, 5) is 0. The van der Waals surface area contributed by atoms with Gasteiger partial charge in [0.05, 0.1) is 7.11 Å². The maximum absolute atomic E-state index is 5.21. The smallest absolute Gasteiger partial charge is 0.119 e. The summed E-state index contributed by atoms with van der Waals surface area (Å²) >= 11 is 0. The molecule has 0 aliphatic carbocycles. The Morgan fingerprint density at radius 2 is 1.54 bits per heavy atom. The SMILES string of the molecule is COc1cc(C)c(C(C)C)c(C)c1.